The molecule has 1 aromatic carbocycles. The number of fused-ring (bicyclic) bond motifs is 1. The molecule has 2 heteroatoms. The van der Waals surface area contributed by atoms with E-state index in [1.165, 1.54) is 17.7 Å². The molecule has 2 aliphatic carbocycles. The number of ketones is 1. The highest BCUT2D eigenvalue weighted by Crippen LogP contribution is 2.55. The van der Waals surface area contributed by atoms with Crippen LogP contribution in [-0.2, 0) is 4.79 Å². The van der Waals surface area contributed by atoms with Crippen LogP contribution in [0.15, 0.2) is 35.2 Å². The van der Waals surface area contributed by atoms with E-state index in [-0.39, 0.29) is 0 Å². The second-order valence-corrected chi connectivity index (χ2v) is 8.82. The first-order chi connectivity index (χ1) is 9.99. The Labute approximate surface area is 132 Å². The Kier molecular flexibility index (Phi) is 4.18. The van der Waals surface area contributed by atoms with Gasteiger partial charge >= 0.3 is 0 Å². The lowest BCUT2D eigenvalue weighted by Crippen LogP contribution is -2.30. The SMILES string of the molecule is C[C@H]1[C@@H]2C(=O)CCCC(C)(C)[C@@H]2C[C@@H]1Sc1ccccc1. The number of rotatable bonds is 2. The van der Waals surface area contributed by atoms with Crippen LogP contribution in [0, 0.1) is 23.2 Å². The average molecular weight is 302 g/mol. The molecule has 0 aromatic heterocycles. The maximum atomic E-state index is 12.6. The van der Waals surface area contributed by atoms with Gasteiger partial charge in [0, 0.05) is 22.5 Å². The molecule has 0 aliphatic heterocycles. The van der Waals surface area contributed by atoms with Gasteiger partial charge in [0.2, 0.25) is 0 Å². The molecule has 2 fully saturated rings. The fraction of sp³-hybridized carbons (Fsp3) is 0.632. The van der Waals surface area contributed by atoms with Crippen molar-refractivity contribution in [3.63, 3.8) is 0 Å². The van der Waals surface area contributed by atoms with Crippen LogP contribution in [-0.4, -0.2) is 11.0 Å². The molecule has 0 heterocycles. The van der Waals surface area contributed by atoms with Crippen LogP contribution >= 0.6 is 11.8 Å². The quantitative estimate of drug-likeness (QED) is 0.747. The third-order valence-corrected chi connectivity index (χ3v) is 7.19. The zero-order chi connectivity index (χ0) is 15.0. The van der Waals surface area contributed by atoms with E-state index in [2.05, 4.69) is 51.1 Å². The van der Waals surface area contributed by atoms with Gasteiger partial charge in [0.05, 0.1) is 0 Å². The maximum Gasteiger partial charge on any atom is 0.136 e. The van der Waals surface area contributed by atoms with Crippen LogP contribution in [0.3, 0.4) is 0 Å². The molecular formula is C19H26OS. The van der Waals surface area contributed by atoms with Gasteiger partial charge in [-0.1, -0.05) is 39.0 Å². The Balaban J connectivity index is 1.82. The fourth-order valence-corrected chi connectivity index (χ4v) is 5.78. The molecule has 0 N–H and O–H groups in total. The Morgan fingerprint density at radius 2 is 1.90 bits per heavy atom. The Hall–Kier alpha value is -0.760. The van der Waals surface area contributed by atoms with Crippen molar-refractivity contribution in [3.05, 3.63) is 30.3 Å². The van der Waals surface area contributed by atoms with E-state index >= 15 is 0 Å². The lowest BCUT2D eigenvalue weighted by atomic mass is 9.71. The maximum absolute atomic E-state index is 12.6. The molecule has 4 atom stereocenters. The standard InChI is InChI=1S/C19H26OS/c1-13-17(21-14-8-5-4-6-9-14)12-15-18(13)16(20)10-7-11-19(15,2)3/h4-6,8-9,13,15,17-18H,7,10-12H2,1-3H3/t13-,15-,17+,18+/m1/s1. The molecule has 0 spiro atoms. The van der Waals surface area contributed by atoms with Crippen molar-refractivity contribution in [2.24, 2.45) is 23.2 Å². The molecule has 1 nitrogen and oxygen atoms in total. The molecule has 2 aliphatic rings. The molecule has 3 rings (SSSR count). The Morgan fingerprint density at radius 3 is 2.62 bits per heavy atom. The van der Waals surface area contributed by atoms with E-state index in [1.807, 2.05) is 11.8 Å². The van der Waals surface area contributed by atoms with E-state index in [9.17, 15) is 4.79 Å². The molecule has 0 bridgehead atoms. The number of hydrogen-bond donors (Lipinski definition) is 0. The largest absolute Gasteiger partial charge is 0.299 e. The molecule has 0 saturated heterocycles. The summed E-state index contributed by atoms with van der Waals surface area (Å²) < 4.78 is 0. The monoisotopic (exact) mass is 302 g/mol. The van der Waals surface area contributed by atoms with Crippen molar-refractivity contribution < 1.29 is 4.79 Å². The molecule has 0 amide bonds. The van der Waals surface area contributed by atoms with Crippen molar-refractivity contribution in [2.45, 2.75) is 56.6 Å². The Morgan fingerprint density at radius 1 is 1.19 bits per heavy atom. The number of carbonyl (C=O) groups is 1. The zero-order valence-electron chi connectivity index (χ0n) is 13.3. The molecule has 0 unspecified atom stereocenters. The van der Waals surface area contributed by atoms with E-state index in [0.717, 1.165) is 12.8 Å². The minimum absolute atomic E-state index is 0.295. The van der Waals surface area contributed by atoms with Gasteiger partial charge in [-0.3, -0.25) is 4.79 Å². The van der Waals surface area contributed by atoms with Crippen molar-refractivity contribution in [1.29, 1.82) is 0 Å². The number of benzene rings is 1. The van der Waals surface area contributed by atoms with Crippen molar-refractivity contribution >= 4 is 17.5 Å². The first-order valence-electron chi connectivity index (χ1n) is 8.23. The van der Waals surface area contributed by atoms with Crippen molar-refractivity contribution in [1.82, 2.24) is 0 Å². The zero-order valence-corrected chi connectivity index (χ0v) is 14.2. The summed E-state index contributed by atoms with van der Waals surface area (Å²) in [7, 11) is 0. The van der Waals surface area contributed by atoms with Crippen LogP contribution in [0.5, 0.6) is 0 Å². The third-order valence-electron chi connectivity index (χ3n) is 5.72. The normalized spacial score (nSPS) is 35.3. The highest BCUT2D eigenvalue weighted by molar-refractivity contribution is 8.00. The van der Waals surface area contributed by atoms with E-state index in [4.69, 9.17) is 0 Å². The molecule has 2 saturated carbocycles. The molecule has 21 heavy (non-hydrogen) atoms. The fourth-order valence-electron chi connectivity index (χ4n) is 4.43. The van der Waals surface area contributed by atoms with Gasteiger partial charge in [-0.2, -0.15) is 0 Å². The summed E-state index contributed by atoms with van der Waals surface area (Å²) in [6.07, 6.45) is 4.29. The van der Waals surface area contributed by atoms with Crippen LogP contribution in [0.1, 0.15) is 46.5 Å². The van der Waals surface area contributed by atoms with Gasteiger partial charge in [0.1, 0.15) is 5.78 Å². The van der Waals surface area contributed by atoms with Crippen LogP contribution in [0.2, 0.25) is 0 Å². The second-order valence-electron chi connectivity index (χ2n) is 7.50. The van der Waals surface area contributed by atoms with Crippen molar-refractivity contribution in [3.8, 4) is 0 Å². The summed E-state index contributed by atoms with van der Waals surface area (Å²) in [6, 6.07) is 10.7. The summed E-state index contributed by atoms with van der Waals surface area (Å²) >= 11 is 1.98. The molecule has 0 radical (unpaired) electrons. The molecular weight excluding hydrogens is 276 g/mol. The van der Waals surface area contributed by atoms with Gasteiger partial charge in [-0.05, 0) is 48.6 Å². The van der Waals surface area contributed by atoms with Gasteiger partial charge in [-0.15, -0.1) is 11.8 Å². The number of Topliss-reactive ketones (excluding diaryl/α,β-unsaturated/α-hetero) is 1. The van der Waals surface area contributed by atoms with Gasteiger partial charge in [0.15, 0.2) is 0 Å². The number of thioether (sulfide) groups is 1. The number of hydrogen-bond acceptors (Lipinski definition) is 2. The van der Waals surface area contributed by atoms with Crippen molar-refractivity contribution in [2.75, 3.05) is 0 Å². The van der Waals surface area contributed by atoms with E-state index < -0.39 is 0 Å². The highest BCUT2D eigenvalue weighted by atomic mass is 32.2. The smallest absolute Gasteiger partial charge is 0.136 e. The predicted octanol–water partition coefficient (Wildman–Crippen LogP) is 5.20. The van der Waals surface area contributed by atoms with Gasteiger partial charge < -0.3 is 0 Å². The lowest BCUT2D eigenvalue weighted by molar-refractivity contribution is -0.125. The van der Waals surface area contributed by atoms with Crippen LogP contribution < -0.4 is 0 Å². The third kappa shape index (κ3) is 2.92. The van der Waals surface area contributed by atoms with Crippen LogP contribution in [0.4, 0.5) is 0 Å². The predicted molar refractivity (Wildman–Crippen MR) is 89.5 cm³/mol. The first-order valence-corrected chi connectivity index (χ1v) is 9.11. The minimum Gasteiger partial charge on any atom is -0.299 e. The van der Waals surface area contributed by atoms with Crippen LogP contribution in [0.25, 0.3) is 0 Å². The minimum atomic E-state index is 0.295. The van der Waals surface area contributed by atoms with Gasteiger partial charge in [-0.25, -0.2) is 0 Å². The molecule has 114 valence electrons. The second kappa shape index (κ2) is 5.79. The summed E-state index contributed by atoms with van der Waals surface area (Å²) in [4.78, 5) is 13.9. The lowest BCUT2D eigenvalue weighted by Gasteiger charge is -2.33. The summed E-state index contributed by atoms with van der Waals surface area (Å²) in [6.45, 7) is 7.07. The highest BCUT2D eigenvalue weighted by Gasteiger charge is 2.51. The average Bonchev–Trinajstić information content (AvgIpc) is 2.72. The molecule has 1 aromatic rings. The Bertz CT molecular complexity index is 508. The van der Waals surface area contributed by atoms with Gasteiger partial charge in [0.25, 0.3) is 0 Å². The van der Waals surface area contributed by atoms with E-state index in [0.29, 0.717) is 34.2 Å². The first kappa shape index (κ1) is 15.1. The summed E-state index contributed by atoms with van der Waals surface area (Å²) in [5.41, 5.74) is 0.317. The summed E-state index contributed by atoms with van der Waals surface area (Å²) in [5.74, 6) is 1.91. The topological polar surface area (TPSA) is 17.1 Å². The summed E-state index contributed by atoms with van der Waals surface area (Å²) in [5, 5.41) is 0.587. The number of carbonyl (C=O) groups excluding carboxylic acids is 1. The van der Waals surface area contributed by atoms with E-state index in [1.54, 1.807) is 0 Å².